The average molecular weight is 493 g/mol. The highest BCUT2D eigenvalue weighted by molar-refractivity contribution is 7.92. The number of hydrogen-bond acceptors (Lipinski definition) is 4. The highest BCUT2D eigenvalue weighted by atomic mass is 35.5. The Morgan fingerprint density at radius 2 is 1.67 bits per heavy atom. The molecule has 172 valence electrons. The van der Waals surface area contributed by atoms with Crippen LogP contribution in [0.3, 0.4) is 0 Å². The normalized spacial score (nSPS) is 13.8. The molecule has 4 rings (SSSR count). The third kappa shape index (κ3) is 4.65. The van der Waals surface area contributed by atoms with Crippen LogP contribution >= 0.6 is 11.6 Å². The summed E-state index contributed by atoms with van der Waals surface area (Å²) >= 11 is 6.00. The largest absolute Gasteiger partial charge is 0.505 e. The highest BCUT2D eigenvalue weighted by Gasteiger charge is 2.27. The molecule has 3 aromatic rings. The molecule has 0 saturated carbocycles. The first kappa shape index (κ1) is 23.0. The number of nitrogens with one attached hydrogen (secondary N) is 1. The van der Waals surface area contributed by atoms with E-state index in [0.717, 1.165) is 25.0 Å². The van der Waals surface area contributed by atoms with Crippen LogP contribution in [0.2, 0.25) is 5.02 Å². The van der Waals surface area contributed by atoms with E-state index in [1.807, 2.05) is 4.72 Å². The van der Waals surface area contributed by atoms with Crippen LogP contribution in [0.1, 0.15) is 23.2 Å². The van der Waals surface area contributed by atoms with Crippen molar-refractivity contribution in [1.29, 1.82) is 0 Å². The number of anilines is 1. The Hall–Kier alpha value is -3.17. The lowest BCUT2D eigenvalue weighted by Gasteiger charge is -2.17. The number of carbonyl (C=O) groups is 1. The van der Waals surface area contributed by atoms with Gasteiger partial charge < -0.3 is 10.0 Å². The molecule has 2 N–H and O–H groups in total. The summed E-state index contributed by atoms with van der Waals surface area (Å²) in [4.78, 5) is 13.6. The van der Waals surface area contributed by atoms with Crippen molar-refractivity contribution in [3.05, 3.63) is 76.8 Å². The number of sulfonamides is 1. The Morgan fingerprint density at radius 1 is 1.00 bits per heavy atom. The number of amides is 1. The van der Waals surface area contributed by atoms with Crippen molar-refractivity contribution >= 4 is 33.2 Å². The van der Waals surface area contributed by atoms with Gasteiger partial charge in [0.25, 0.3) is 15.9 Å². The SMILES string of the molecule is O=C(c1cc(Cl)c(O)c(S(=O)(=O)Nc2cc(-c3ccccc3)c(F)cc2F)c1)N1CCCC1. The lowest BCUT2D eigenvalue weighted by molar-refractivity contribution is 0.0792. The quantitative estimate of drug-likeness (QED) is 0.523. The molecule has 0 spiro atoms. The molecule has 6 nitrogen and oxygen atoms in total. The van der Waals surface area contributed by atoms with Crippen molar-refractivity contribution in [2.45, 2.75) is 17.7 Å². The lowest BCUT2D eigenvalue weighted by Crippen LogP contribution is -2.28. The van der Waals surface area contributed by atoms with Gasteiger partial charge in [-0.2, -0.15) is 0 Å². The molecular formula is C23H19ClF2N2O4S. The van der Waals surface area contributed by atoms with Gasteiger partial charge >= 0.3 is 0 Å². The van der Waals surface area contributed by atoms with Crippen LogP contribution in [0, 0.1) is 11.6 Å². The highest BCUT2D eigenvalue weighted by Crippen LogP contribution is 2.35. The fourth-order valence-electron chi connectivity index (χ4n) is 3.67. The second-order valence-electron chi connectivity index (χ2n) is 7.59. The molecule has 1 aliphatic rings. The van der Waals surface area contributed by atoms with Crippen LogP contribution in [0.5, 0.6) is 5.75 Å². The molecule has 1 aliphatic heterocycles. The third-order valence-corrected chi connectivity index (χ3v) is 7.01. The smallest absolute Gasteiger partial charge is 0.265 e. The van der Waals surface area contributed by atoms with Crippen LogP contribution in [0.25, 0.3) is 11.1 Å². The van der Waals surface area contributed by atoms with Gasteiger partial charge in [-0.3, -0.25) is 9.52 Å². The maximum Gasteiger partial charge on any atom is 0.265 e. The van der Waals surface area contributed by atoms with E-state index >= 15 is 0 Å². The molecule has 1 heterocycles. The Balaban J connectivity index is 1.73. The summed E-state index contributed by atoms with van der Waals surface area (Å²) in [6, 6.07) is 12.0. The number of benzene rings is 3. The standard InChI is InChI=1S/C23H19ClF2N2O4S/c24-17-10-15(23(30)28-8-4-5-9-28)11-21(22(17)29)33(31,32)27-20-12-16(18(25)13-19(20)26)14-6-2-1-3-7-14/h1-3,6-7,10-13,27,29H,4-5,8-9H2. The van der Waals surface area contributed by atoms with Gasteiger partial charge in [-0.05, 0) is 36.6 Å². The summed E-state index contributed by atoms with van der Waals surface area (Å²) in [6.07, 6.45) is 1.66. The summed E-state index contributed by atoms with van der Waals surface area (Å²) in [6.45, 7) is 1.06. The van der Waals surface area contributed by atoms with Crippen LogP contribution in [-0.4, -0.2) is 37.4 Å². The van der Waals surface area contributed by atoms with Crippen molar-refractivity contribution in [2.24, 2.45) is 0 Å². The number of phenols is 1. The van der Waals surface area contributed by atoms with Gasteiger partial charge in [0.1, 0.15) is 16.5 Å². The fraction of sp³-hybridized carbons (Fsp3) is 0.174. The minimum atomic E-state index is -4.60. The summed E-state index contributed by atoms with van der Waals surface area (Å²) in [5.74, 6) is -3.23. The van der Waals surface area contributed by atoms with Crippen molar-refractivity contribution in [3.63, 3.8) is 0 Å². The summed E-state index contributed by atoms with van der Waals surface area (Å²) < 4.78 is 56.9. The van der Waals surface area contributed by atoms with Crippen LogP contribution in [-0.2, 0) is 10.0 Å². The molecule has 0 unspecified atom stereocenters. The molecule has 1 amide bonds. The van der Waals surface area contributed by atoms with Crippen molar-refractivity contribution < 1.29 is 27.1 Å². The monoisotopic (exact) mass is 492 g/mol. The predicted octanol–water partition coefficient (Wildman–Crippen LogP) is 5.03. The van der Waals surface area contributed by atoms with Gasteiger partial charge in [-0.25, -0.2) is 17.2 Å². The van der Waals surface area contributed by atoms with Crippen molar-refractivity contribution in [3.8, 4) is 16.9 Å². The Bertz CT molecular complexity index is 1330. The fourth-order valence-corrected chi connectivity index (χ4v) is 5.15. The number of hydrogen-bond donors (Lipinski definition) is 2. The molecule has 0 radical (unpaired) electrons. The number of halogens is 3. The molecule has 10 heteroatoms. The summed E-state index contributed by atoms with van der Waals surface area (Å²) in [5, 5.41) is 9.96. The van der Waals surface area contributed by atoms with E-state index in [1.54, 1.807) is 35.2 Å². The van der Waals surface area contributed by atoms with E-state index in [-0.39, 0.29) is 16.1 Å². The maximum atomic E-state index is 14.5. The lowest BCUT2D eigenvalue weighted by atomic mass is 10.0. The van der Waals surface area contributed by atoms with Crippen LogP contribution in [0.15, 0.2) is 59.5 Å². The molecule has 33 heavy (non-hydrogen) atoms. The molecule has 1 saturated heterocycles. The zero-order valence-electron chi connectivity index (χ0n) is 17.2. The minimum Gasteiger partial charge on any atom is -0.505 e. The average Bonchev–Trinajstić information content (AvgIpc) is 3.32. The zero-order chi connectivity index (χ0) is 23.8. The number of phenolic OH excluding ortho intramolecular Hbond substituents is 1. The topological polar surface area (TPSA) is 86.7 Å². The van der Waals surface area contributed by atoms with Crippen molar-refractivity contribution in [1.82, 2.24) is 4.90 Å². The Kier molecular flexibility index (Phi) is 6.27. The summed E-state index contributed by atoms with van der Waals surface area (Å²) in [7, 11) is -4.60. The first-order valence-corrected chi connectivity index (χ1v) is 11.9. The minimum absolute atomic E-state index is 0.0186. The first-order valence-electron chi connectivity index (χ1n) is 10.1. The second kappa shape index (κ2) is 8.99. The molecule has 0 atom stereocenters. The number of rotatable bonds is 5. The van der Waals surface area contributed by atoms with Crippen molar-refractivity contribution in [2.75, 3.05) is 17.8 Å². The number of carbonyl (C=O) groups excluding carboxylic acids is 1. The number of nitrogens with zero attached hydrogens (tertiary/aromatic N) is 1. The van der Waals surface area contributed by atoms with E-state index in [9.17, 15) is 27.1 Å². The molecule has 0 bridgehead atoms. The molecule has 3 aromatic carbocycles. The van der Waals surface area contributed by atoms with Gasteiger partial charge in [0, 0.05) is 30.3 Å². The third-order valence-electron chi connectivity index (χ3n) is 5.34. The van der Waals surface area contributed by atoms with E-state index in [4.69, 9.17) is 11.6 Å². The zero-order valence-corrected chi connectivity index (χ0v) is 18.8. The Labute approximate surface area is 194 Å². The van der Waals surface area contributed by atoms with Gasteiger partial charge in [0.05, 0.1) is 10.7 Å². The molecule has 0 aliphatic carbocycles. The van der Waals surface area contributed by atoms with E-state index in [0.29, 0.717) is 24.7 Å². The number of likely N-dealkylation sites (tertiary alicyclic amines) is 1. The van der Waals surface area contributed by atoms with Gasteiger partial charge in [-0.1, -0.05) is 41.9 Å². The number of aromatic hydroxyl groups is 1. The summed E-state index contributed by atoms with van der Waals surface area (Å²) in [5.41, 5.74) is -0.152. The molecule has 1 fully saturated rings. The first-order chi connectivity index (χ1) is 15.7. The van der Waals surface area contributed by atoms with E-state index in [2.05, 4.69) is 0 Å². The maximum absolute atomic E-state index is 14.5. The van der Waals surface area contributed by atoms with E-state index in [1.165, 1.54) is 6.07 Å². The second-order valence-corrected chi connectivity index (χ2v) is 9.65. The Morgan fingerprint density at radius 3 is 2.33 bits per heavy atom. The molecule has 0 aromatic heterocycles. The van der Waals surface area contributed by atoms with Gasteiger partial charge in [0.2, 0.25) is 0 Å². The van der Waals surface area contributed by atoms with Gasteiger partial charge in [-0.15, -0.1) is 0 Å². The van der Waals surface area contributed by atoms with Gasteiger partial charge in [0.15, 0.2) is 5.75 Å². The predicted molar refractivity (Wildman–Crippen MR) is 121 cm³/mol. The van der Waals surface area contributed by atoms with Crippen LogP contribution < -0.4 is 4.72 Å². The molecular weight excluding hydrogens is 474 g/mol. The van der Waals surface area contributed by atoms with E-state index < -0.39 is 43.9 Å². The van der Waals surface area contributed by atoms with Crippen LogP contribution in [0.4, 0.5) is 14.5 Å².